The SMILES string of the molecule is CCC1CCCCC1C(C#COC)ONC(=O)c1ccccc1. The number of hydrogen-bond donors (Lipinski definition) is 1. The van der Waals surface area contributed by atoms with Crippen molar-refractivity contribution in [2.75, 3.05) is 7.11 Å². The lowest BCUT2D eigenvalue weighted by Crippen LogP contribution is -2.37. The van der Waals surface area contributed by atoms with E-state index in [-0.39, 0.29) is 12.0 Å². The molecule has 1 aliphatic carbocycles. The van der Waals surface area contributed by atoms with Crippen LogP contribution in [0.5, 0.6) is 0 Å². The predicted octanol–water partition coefficient (Wildman–Crippen LogP) is 3.54. The van der Waals surface area contributed by atoms with Crippen molar-refractivity contribution < 1.29 is 14.4 Å². The van der Waals surface area contributed by atoms with Gasteiger partial charge in [-0.05, 0) is 30.4 Å². The van der Waals surface area contributed by atoms with Crippen LogP contribution in [0.25, 0.3) is 0 Å². The number of carbonyl (C=O) groups is 1. The summed E-state index contributed by atoms with van der Waals surface area (Å²) in [6, 6.07) is 9.03. The number of rotatable bonds is 5. The molecule has 0 aliphatic heterocycles. The first kappa shape index (κ1) is 17.4. The van der Waals surface area contributed by atoms with Gasteiger partial charge >= 0.3 is 0 Å². The van der Waals surface area contributed by atoms with E-state index >= 15 is 0 Å². The maximum Gasteiger partial charge on any atom is 0.274 e. The Morgan fingerprint density at radius 2 is 2.04 bits per heavy atom. The predicted molar refractivity (Wildman–Crippen MR) is 89.3 cm³/mol. The van der Waals surface area contributed by atoms with Crippen LogP contribution in [-0.2, 0) is 9.57 Å². The molecule has 1 aromatic rings. The normalized spacial score (nSPS) is 21.7. The van der Waals surface area contributed by atoms with E-state index in [1.807, 2.05) is 18.2 Å². The van der Waals surface area contributed by atoms with Gasteiger partial charge in [0.2, 0.25) is 0 Å². The maximum absolute atomic E-state index is 12.1. The van der Waals surface area contributed by atoms with Crippen molar-refractivity contribution in [3.8, 4) is 12.0 Å². The topological polar surface area (TPSA) is 47.6 Å². The number of nitrogens with one attached hydrogen (secondary N) is 1. The summed E-state index contributed by atoms with van der Waals surface area (Å²) in [6.07, 6.45) is 8.10. The minimum atomic E-state index is -0.340. The Labute approximate surface area is 138 Å². The van der Waals surface area contributed by atoms with Crippen LogP contribution in [-0.4, -0.2) is 19.1 Å². The first-order valence-electron chi connectivity index (χ1n) is 8.30. The number of benzene rings is 1. The molecular formula is C19H25NO3. The van der Waals surface area contributed by atoms with Gasteiger partial charge in [-0.25, -0.2) is 5.48 Å². The summed E-state index contributed by atoms with van der Waals surface area (Å²) in [5.41, 5.74) is 3.12. The van der Waals surface area contributed by atoms with Gasteiger partial charge < -0.3 is 4.74 Å². The molecule has 4 heteroatoms. The molecule has 1 amide bonds. The fraction of sp³-hybridized carbons (Fsp3) is 0.526. The summed E-state index contributed by atoms with van der Waals surface area (Å²) in [4.78, 5) is 17.8. The summed E-state index contributed by atoms with van der Waals surface area (Å²) >= 11 is 0. The summed E-state index contributed by atoms with van der Waals surface area (Å²) < 4.78 is 4.87. The Morgan fingerprint density at radius 1 is 1.30 bits per heavy atom. The number of hydroxylamine groups is 1. The van der Waals surface area contributed by atoms with Crippen molar-refractivity contribution in [1.82, 2.24) is 5.48 Å². The van der Waals surface area contributed by atoms with Crippen LogP contribution in [0.4, 0.5) is 0 Å². The number of carbonyl (C=O) groups excluding carboxylic acids is 1. The lowest BCUT2D eigenvalue weighted by Gasteiger charge is -2.33. The number of amides is 1. The van der Waals surface area contributed by atoms with Gasteiger partial charge in [0.25, 0.3) is 5.91 Å². The van der Waals surface area contributed by atoms with Gasteiger partial charge in [-0.3, -0.25) is 9.63 Å². The molecule has 1 aromatic carbocycles. The van der Waals surface area contributed by atoms with E-state index in [4.69, 9.17) is 9.57 Å². The van der Waals surface area contributed by atoms with Crippen LogP contribution < -0.4 is 5.48 Å². The van der Waals surface area contributed by atoms with Gasteiger partial charge in [-0.1, -0.05) is 50.8 Å². The second-order valence-electron chi connectivity index (χ2n) is 5.90. The fourth-order valence-electron chi connectivity index (χ4n) is 3.25. The van der Waals surface area contributed by atoms with Gasteiger partial charge in [-0.15, -0.1) is 0 Å². The first-order valence-corrected chi connectivity index (χ1v) is 8.30. The number of ether oxygens (including phenoxy) is 1. The molecule has 0 aromatic heterocycles. The molecule has 23 heavy (non-hydrogen) atoms. The monoisotopic (exact) mass is 315 g/mol. The standard InChI is InChI=1S/C19H25NO3/c1-3-15-9-7-8-12-17(15)18(13-14-22-2)23-20-19(21)16-10-5-4-6-11-16/h4-6,10-11,15,17-18H,3,7-9,12H2,1-2H3,(H,20,21). The molecule has 124 valence electrons. The molecular weight excluding hydrogens is 290 g/mol. The highest BCUT2D eigenvalue weighted by Crippen LogP contribution is 2.35. The lowest BCUT2D eigenvalue weighted by atomic mass is 9.75. The second-order valence-corrected chi connectivity index (χ2v) is 5.90. The zero-order valence-corrected chi connectivity index (χ0v) is 13.9. The quantitative estimate of drug-likeness (QED) is 0.668. The highest BCUT2D eigenvalue weighted by Gasteiger charge is 2.31. The number of methoxy groups -OCH3 is 1. The van der Waals surface area contributed by atoms with Gasteiger partial charge in [-0.2, -0.15) is 0 Å². The molecule has 1 aliphatic rings. The van der Waals surface area contributed by atoms with E-state index in [0.29, 0.717) is 17.4 Å². The summed E-state index contributed by atoms with van der Waals surface area (Å²) in [7, 11) is 1.53. The molecule has 0 radical (unpaired) electrons. The van der Waals surface area contributed by atoms with Crippen molar-refractivity contribution >= 4 is 5.91 Å². The zero-order chi connectivity index (χ0) is 16.5. The van der Waals surface area contributed by atoms with Crippen molar-refractivity contribution in [2.45, 2.75) is 45.1 Å². The highest BCUT2D eigenvalue weighted by atomic mass is 16.7. The van der Waals surface area contributed by atoms with E-state index < -0.39 is 0 Å². The lowest BCUT2D eigenvalue weighted by molar-refractivity contribution is -0.0366. The van der Waals surface area contributed by atoms with E-state index in [2.05, 4.69) is 24.4 Å². The largest absolute Gasteiger partial charge is 0.450 e. The molecule has 0 spiro atoms. The van der Waals surface area contributed by atoms with Gasteiger partial charge in [0.15, 0.2) is 6.10 Å². The third kappa shape index (κ3) is 5.01. The third-order valence-corrected chi connectivity index (χ3v) is 4.50. The molecule has 3 atom stereocenters. The Balaban J connectivity index is 2.02. The van der Waals surface area contributed by atoms with Crippen LogP contribution in [0.15, 0.2) is 30.3 Å². The van der Waals surface area contributed by atoms with Gasteiger partial charge in [0, 0.05) is 11.5 Å². The highest BCUT2D eigenvalue weighted by molar-refractivity contribution is 5.93. The van der Waals surface area contributed by atoms with Crippen molar-refractivity contribution in [3.05, 3.63) is 35.9 Å². The van der Waals surface area contributed by atoms with Crippen molar-refractivity contribution in [2.24, 2.45) is 11.8 Å². The van der Waals surface area contributed by atoms with Crippen LogP contribution in [0.1, 0.15) is 49.4 Å². The minimum absolute atomic E-state index is 0.251. The molecule has 0 heterocycles. The number of hydrogen-bond acceptors (Lipinski definition) is 3. The van der Waals surface area contributed by atoms with E-state index in [1.165, 1.54) is 26.4 Å². The molecule has 3 unspecified atom stereocenters. The molecule has 1 saturated carbocycles. The molecule has 1 N–H and O–H groups in total. The minimum Gasteiger partial charge on any atom is -0.450 e. The van der Waals surface area contributed by atoms with Crippen LogP contribution in [0.2, 0.25) is 0 Å². The fourth-order valence-corrected chi connectivity index (χ4v) is 3.25. The van der Waals surface area contributed by atoms with Crippen LogP contribution in [0.3, 0.4) is 0 Å². The first-order chi connectivity index (χ1) is 11.3. The van der Waals surface area contributed by atoms with E-state index in [0.717, 1.165) is 12.8 Å². The zero-order valence-electron chi connectivity index (χ0n) is 13.9. The maximum atomic E-state index is 12.1. The Morgan fingerprint density at radius 3 is 2.74 bits per heavy atom. The van der Waals surface area contributed by atoms with Crippen LogP contribution >= 0.6 is 0 Å². The van der Waals surface area contributed by atoms with E-state index in [9.17, 15) is 4.79 Å². The molecule has 0 bridgehead atoms. The Bertz CT molecular complexity index is 547. The van der Waals surface area contributed by atoms with Gasteiger partial charge in [0.05, 0.1) is 7.11 Å². The summed E-state index contributed by atoms with van der Waals surface area (Å²) in [5.74, 6) is 3.65. The average Bonchev–Trinajstić information content (AvgIpc) is 2.62. The molecule has 2 rings (SSSR count). The average molecular weight is 315 g/mol. The Kier molecular flexibility index (Phi) is 6.96. The molecule has 4 nitrogen and oxygen atoms in total. The smallest absolute Gasteiger partial charge is 0.274 e. The van der Waals surface area contributed by atoms with Crippen molar-refractivity contribution in [1.29, 1.82) is 0 Å². The van der Waals surface area contributed by atoms with Crippen molar-refractivity contribution in [3.63, 3.8) is 0 Å². The third-order valence-electron chi connectivity index (χ3n) is 4.50. The second kappa shape index (κ2) is 9.22. The molecule has 0 saturated heterocycles. The molecule has 1 fully saturated rings. The van der Waals surface area contributed by atoms with Gasteiger partial charge in [0.1, 0.15) is 6.11 Å². The summed E-state index contributed by atoms with van der Waals surface area (Å²) in [5, 5.41) is 0. The summed E-state index contributed by atoms with van der Waals surface area (Å²) in [6.45, 7) is 2.20. The Hall–Kier alpha value is -1.99. The van der Waals surface area contributed by atoms with E-state index in [1.54, 1.807) is 12.1 Å². The van der Waals surface area contributed by atoms with Crippen LogP contribution in [0, 0.1) is 23.9 Å².